The lowest BCUT2D eigenvalue weighted by molar-refractivity contribution is -0.128. The van der Waals surface area contributed by atoms with Gasteiger partial charge in [0, 0.05) is 17.6 Å². The number of rotatable bonds is 0. The van der Waals surface area contributed by atoms with E-state index in [9.17, 15) is 4.79 Å². The van der Waals surface area contributed by atoms with Crippen LogP contribution in [0.25, 0.3) is 0 Å². The number of hydrogen-bond acceptors (Lipinski definition) is 2. The summed E-state index contributed by atoms with van der Waals surface area (Å²) < 4.78 is 0.523. The predicted octanol–water partition coefficient (Wildman–Crippen LogP) is 0.0556. The second-order valence-electron chi connectivity index (χ2n) is 1.85. The van der Waals surface area contributed by atoms with Crippen molar-refractivity contribution in [3.8, 4) is 0 Å². The molecule has 1 aliphatic heterocycles. The van der Waals surface area contributed by atoms with Crippen LogP contribution in [0.3, 0.4) is 0 Å². The zero-order valence-corrected chi connectivity index (χ0v) is 6.42. The van der Waals surface area contributed by atoms with E-state index < -0.39 is 6.23 Å². The van der Waals surface area contributed by atoms with Crippen LogP contribution in [0.4, 0.5) is 0 Å². The van der Waals surface area contributed by atoms with Crippen LogP contribution in [0.1, 0.15) is 0 Å². The topological polar surface area (TPSA) is 40.5 Å². The predicted molar refractivity (Wildman–Crippen MR) is 35.8 cm³/mol. The summed E-state index contributed by atoms with van der Waals surface area (Å²) in [4.78, 5) is 11.9. The molecule has 3 nitrogen and oxygen atoms in total. The molecule has 0 aromatic heterocycles. The fourth-order valence-electron chi connectivity index (χ4n) is 0.600. The average molecular weight is 192 g/mol. The third-order valence-electron chi connectivity index (χ3n) is 1.22. The lowest BCUT2D eigenvalue weighted by atomic mass is 10.5. The van der Waals surface area contributed by atoms with Crippen LogP contribution < -0.4 is 0 Å². The Morgan fingerprint density at radius 1 is 1.89 bits per heavy atom. The Balaban J connectivity index is 2.82. The minimum atomic E-state index is -0.780. The molecule has 0 radical (unpaired) electrons. The number of likely N-dealkylation sites (N-methyl/N-ethyl adjacent to an activating group) is 1. The van der Waals surface area contributed by atoms with Gasteiger partial charge in [-0.3, -0.25) is 4.79 Å². The van der Waals surface area contributed by atoms with Crippen LogP contribution >= 0.6 is 15.9 Å². The van der Waals surface area contributed by atoms with Crippen molar-refractivity contribution in [2.45, 2.75) is 6.23 Å². The van der Waals surface area contributed by atoms with E-state index in [4.69, 9.17) is 5.11 Å². The fraction of sp³-hybridized carbons (Fsp3) is 0.400. The van der Waals surface area contributed by atoms with Crippen molar-refractivity contribution in [2.75, 3.05) is 7.05 Å². The summed E-state index contributed by atoms with van der Waals surface area (Å²) in [6.07, 6.45) is 0.572. The van der Waals surface area contributed by atoms with Gasteiger partial charge in [-0.25, -0.2) is 0 Å². The number of carbonyl (C=O) groups excluding carboxylic acids is 1. The summed E-state index contributed by atoms with van der Waals surface area (Å²) in [6, 6.07) is 0. The highest BCUT2D eigenvalue weighted by Crippen LogP contribution is 2.20. The van der Waals surface area contributed by atoms with Gasteiger partial charge in [0.1, 0.15) is 0 Å². The summed E-state index contributed by atoms with van der Waals surface area (Å²) in [6.45, 7) is 0. The SMILES string of the molecule is CN1C(=O)C=C(Br)C1O. The highest BCUT2D eigenvalue weighted by Gasteiger charge is 2.25. The molecule has 0 spiro atoms. The second kappa shape index (κ2) is 2.11. The first kappa shape index (κ1) is 6.77. The maximum atomic E-state index is 10.7. The highest BCUT2D eigenvalue weighted by molar-refractivity contribution is 9.11. The van der Waals surface area contributed by atoms with Crippen LogP contribution in [0.2, 0.25) is 0 Å². The molecule has 9 heavy (non-hydrogen) atoms. The Hall–Kier alpha value is -0.350. The van der Waals surface area contributed by atoms with E-state index >= 15 is 0 Å². The summed E-state index contributed by atoms with van der Waals surface area (Å²) in [5, 5.41) is 9.03. The van der Waals surface area contributed by atoms with Gasteiger partial charge in [0.05, 0.1) is 0 Å². The van der Waals surface area contributed by atoms with E-state index in [0.717, 1.165) is 0 Å². The van der Waals surface area contributed by atoms with Crippen LogP contribution in [0.5, 0.6) is 0 Å². The first-order valence-corrected chi connectivity index (χ1v) is 3.24. The molecule has 1 aliphatic rings. The molecule has 1 amide bonds. The van der Waals surface area contributed by atoms with Crippen molar-refractivity contribution in [3.63, 3.8) is 0 Å². The summed E-state index contributed by atoms with van der Waals surface area (Å²) in [5.74, 6) is -0.172. The summed E-state index contributed by atoms with van der Waals surface area (Å²) in [7, 11) is 1.54. The first-order valence-electron chi connectivity index (χ1n) is 2.45. The molecule has 1 heterocycles. The van der Waals surface area contributed by atoms with Crippen molar-refractivity contribution in [2.24, 2.45) is 0 Å². The molecular formula is C5H6BrNO2. The third kappa shape index (κ3) is 0.997. The quantitative estimate of drug-likeness (QED) is 0.589. The van der Waals surface area contributed by atoms with Gasteiger partial charge in [0.15, 0.2) is 6.23 Å². The number of hydrogen-bond donors (Lipinski definition) is 1. The molecular weight excluding hydrogens is 186 g/mol. The Morgan fingerprint density at radius 3 is 2.56 bits per heavy atom. The number of amides is 1. The van der Waals surface area contributed by atoms with E-state index in [0.29, 0.717) is 4.48 Å². The molecule has 0 aliphatic carbocycles. The van der Waals surface area contributed by atoms with E-state index in [2.05, 4.69) is 15.9 Å². The van der Waals surface area contributed by atoms with Crippen LogP contribution in [0, 0.1) is 0 Å². The Bertz CT molecular complexity index is 178. The summed E-state index contributed by atoms with van der Waals surface area (Å²) in [5.41, 5.74) is 0. The molecule has 1 N–H and O–H groups in total. The zero-order valence-electron chi connectivity index (χ0n) is 4.84. The van der Waals surface area contributed by atoms with Crippen LogP contribution in [0.15, 0.2) is 10.6 Å². The van der Waals surface area contributed by atoms with Gasteiger partial charge < -0.3 is 10.0 Å². The van der Waals surface area contributed by atoms with Gasteiger partial charge in [-0.2, -0.15) is 0 Å². The number of halogens is 1. The van der Waals surface area contributed by atoms with Gasteiger partial charge in [-0.05, 0) is 0 Å². The van der Waals surface area contributed by atoms with Crippen LogP contribution in [-0.4, -0.2) is 29.2 Å². The average Bonchev–Trinajstić information content (AvgIpc) is 1.98. The third-order valence-corrected chi connectivity index (χ3v) is 1.86. The van der Waals surface area contributed by atoms with Gasteiger partial charge in [-0.15, -0.1) is 0 Å². The smallest absolute Gasteiger partial charge is 0.249 e. The van der Waals surface area contributed by atoms with E-state index in [1.807, 2.05) is 0 Å². The molecule has 1 atom stereocenters. The lowest BCUT2D eigenvalue weighted by Crippen LogP contribution is -2.29. The highest BCUT2D eigenvalue weighted by atomic mass is 79.9. The molecule has 1 rings (SSSR count). The molecule has 4 heteroatoms. The lowest BCUT2D eigenvalue weighted by Gasteiger charge is -2.13. The molecule has 1 unspecified atom stereocenters. The minimum absolute atomic E-state index is 0.172. The normalized spacial score (nSPS) is 27.0. The Labute approximate surface area is 61.1 Å². The molecule has 50 valence electrons. The number of nitrogens with zero attached hydrogens (tertiary/aromatic N) is 1. The fourth-order valence-corrected chi connectivity index (χ4v) is 1.10. The monoisotopic (exact) mass is 191 g/mol. The standard InChI is InChI=1S/C5H6BrNO2/c1-7-4(8)2-3(6)5(7)9/h2,5,9H,1H3. The van der Waals surface area contributed by atoms with Crippen molar-refractivity contribution in [1.82, 2.24) is 4.90 Å². The minimum Gasteiger partial charge on any atom is -0.369 e. The van der Waals surface area contributed by atoms with Crippen LogP contribution in [-0.2, 0) is 4.79 Å². The van der Waals surface area contributed by atoms with Crippen molar-refractivity contribution in [3.05, 3.63) is 10.6 Å². The van der Waals surface area contributed by atoms with Gasteiger partial charge in [-0.1, -0.05) is 15.9 Å². The maximum absolute atomic E-state index is 10.7. The molecule has 0 saturated carbocycles. The number of aliphatic hydroxyl groups is 1. The van der Waals surface area contributed by atoms with E-state index in [1.165, 1.54) is 18.0 Å². The number of aliphatic hydroxyl groups excluding tert-OH is 1. The molecule has 0 fully saturated rings. The van der Waals surface area contributed by atoms with E-state index in [-0.39, 0.29) is 5.91 Å². The van der Waals surface area contributed by atoms with Crippen molar-refractivity contribution in [1.29, 1.82) is 0 Å². The first-order chi connectivity index (χ1) is 4.13. The maximum Gasteiger partial charge on any atom is 0.249 e. The van der Waals surface area contributed by atoms with Crippen molar-refractivity contribution < 1.29 is 9.90 Å². The van der Waals surface area contributed by atoms with Crippen molar-refractivity contribution >= 4 is 21.8 Å². The molecule has 0 aromatic carbocycles. The largest absolute Gasteiger partial charge is 0.369 e. The Morgan fingerprint density at radius 2 is 2.44 bits per heavy atom. The molecule has 0 aromatic rings. The zero-order chi connectivity index (χ0) is 7.02. The van der Waals surface area contributed by atoms with Gasteiger partial charge in [0.25, 0.3) is 0 Å². The molecule has 0 bridgehead atoms. The van der Waals surface area contributed by atoms with E-state index in [1.54, 1.807) is 0 Å². The number of carbonyl (C=O) groups is 1. The van der Waals surface area contributed by atoms with Gasteiger partial charge >= 0.3 is 0 Å². The van der Waals surface area contributed by atoms with Gasteiger partial charge in [0.2, 0.25) is 5.91 Å². The summed E-state index contributed by atoms with van der Waals surface area (Å²) >= 11 is 3.03. The molecule has 0 saturated heterocycles. The Kier molecular flexibility index (Phi) is 1.59. The second-order valence-corrected chi connectivity index (χ2v) is 2.77.